The van der Waals surface area contributed by atoms with Crippen LogP contribution < -0.4 is 5.32 Å². The van der Waals surface area contributed by atoms with E-state index >= 15 is 0 Å². The van der Waals surface area contributed by atoms with Gasteiger partial charge in [0.25, 0.3) is 0 Å². The zero-order valence-electron chi connectivity index (χ0n) is 11.5. The Balaban J connectivity index is 1.67. The lowest BCUT2D eigenvalue weighted by Gasteiger charge is -2.23. The quantitative estimate of drug-likeness (QED) is 0.811. The maximum atomic E-state index is 12.3. The van der Waals surface area contributed by atoms with Gasteiger partial charge in [-0.15, -0.1) is 0 Å². The number of amides is 2. The number of anilines is 1. The number of ether oxygens (including phenoxy) is 1. The molecule has 2 fully saturated rings. The molecule has 1 N–H and O–H groups in total. The molecule has 2 heterocycles. The molecule has 1 aromatic rings. The van der Waals surface area contributed by atoms with Crippen molar-refractivity contribution in [2.75, 3.05) is 31.6 Å². The van der Waals surface area contributed by atoms with E-state index in [9.17, 15) is 4.79 Å². The molecule has 5 nitrogen and oxygen atoms in total. The van der Waals surface area contributed by atoms with E-state index < -0.39 is 0 Å². The Bertz CT molecular complexity index is 531. The summed E-state index contributed by atoms with van der Waals surface area (Å²) < 4.78 is 5.59. The first-order chi connectivity index (χ1) is 9.58. The van der Waals surface area contributed by atoms with Crippen LogP contribution in [0.5, 0.6) is 0 Å². The number of rotatable bonds is 1. The lowest BCUT2D eigenvalue weighted by Crippen LogP contribution is -2.39. The summed E-state index contributed by atoms with van der Waals surface area (Å²) in [7, 11) is 0. The van der Waals surface area contributed by atoms with Crippen LogP contribution in [0.1, 0.15) is 18.4 Å². The van der Waals surface area contributed by atoms with Crippen molar-refractivity contribution >= 4 is 23.3 Å². The van der Waals surface area contributed by atoms with Crippen LogP contribution in [0.25, 0.3) is 0 Å². The summed E-state index contributed by atoms with van der Waals surface area (Å²) >= 11 is 5.88. The fourth-order valence-corrected chi connectivity index (χ4v) is 2.58. The highest BCUT2D eigenvalue weighted by atomic mass is 35.5. The molecule has 1 aromatic heterocycles. The van der Waals surface area contributed by atoms with Crippen molar-refractivity contribution in [3.63, 3.8) is 0 Å². The summed E-state index contributed by atoms with van der Waals surface area (Å²) in [5.41, 5.74) is 1.73. The Morgan fingerprint density at radius 2 is 2.35 bits per heavy atom. The van der Waals surface area contributed by atoms with E-state index in [1.54, 1.807) is 6.20 Å². The zero-order chi connectivity index (χ0) is 14.2. The summed E-state index contributed by atoms with van der Waals surface area (Å²) in [4.78, 5) is 18.2. The van der Waals surface area contributed by atoms with E-state index in [4.69, 9.17) is 16.3 Å². The molecule has 2 amide bonds. The highest BCUT2D eigenvalue weighted by molar-refractivity contribution is 6.30. The van der Waals surface area contributed by atoms with Crippen molar-refractivity contribution in [2.24, 2.45) is 5.41 Å². The van der Waals surface area contributed by atoms with E-state index in [1.807, 2.05) is 17.9 Å². The molecular formula is C14H18ClN3O2. The van der Waals surface area contributed by atoms with Crippen molar-refractivity contribution in [3.8, 4) is 0 Å². The number of aryl methyl sites for hydroxylation is 1. The number of hydrogen-bond acceptors (Lipinski definition) is 3. The zero-order valence-corrected chi connectivity index (χ0v) is 12.2. The second-order valence-electron chi connectivity index (χ2n) is 5.74. The molecule has 3 rings (SSSR count). The number of nitrogens with zero attached hydrogens (tertiary/aromatic N) is 2. The average Bonchev–Trinajstić information content (AvgIpc) is 3.21. The van der Waals surface area contributed by atoms with Gasteiger partial charge in [-0.2, -0.15) is 0 Å². The number of carbonyl (C=O) groups excluding carboxylic acids is 1. The van der Waals surface area contributed by atoms with Crippen molar-refractivity contribution < 1.29 is 9.53 Å². The molecule has 6 heteroatoms. The first kappa shape index (κ1) is 13.6. The van der Waals surface area contributed by atoms with Crippen molar-refractivity contribution in [3.05, 3.63) is 23.0 Å². The number of nitrogens with one attached hydrogen (secondary N) is 1. The maximum absolute atomic E-state index is 12.3. The third-order valence-corrected chi connectivity index (χ3v) is 4.35. The predicted octanol–water partition coefficient (Wildman–Crippen LogP) is 2.69. The third kappa shape index (κ3) is 2.88. The normalized spacial score (nSPS) is 20.6. The van der Waals surface area contributed by atoms with Crippen LogP contribution in [0.3, 0.4) is 0 Å². The van der Waals surface area contributed by atoms with E-state index in [1.165, 1.54) is 0 Å². The molecule has 2 aliphatic rings. The first-order valence-electron chi connectivity index (χ1n) is 6.84. The standard InChI is InChI=1S/C14H18ClN3O2/c1-10-6-11(7-16-12(10)15)17-13(19)18-4-5-20-9-14(8-18)2-3-14/h6-7H,2-5,8-9H2,1H3,(H,17,19). The number of aromatic nitrogens is 1. The minimum absolute atomic E-state index is 0.0923. The number of hydrogen-bond donors (Lipinski definition) is 1. The van der Waals surface area contributed by atoms with E-state index in [0.29, 0.717) is 24.0 Å². The molecule has 0 atom stereocenters. The van der Waals surface area contributed by atoms with Gasteiger partial charge in [0.2, 0.25) is 0 Å². The predicted molar refractivity (Wildman–Crippen MR) is 77.1 cm³/mol. The third-order valence-electron chi connectivity index (χ3n) is 3.95. The SMILES string of the molecule is Cc1cc(NC(=O)N2CCOCC3(CC3)C2)cnc1Cl. The molecule has 1 aliphatic carbocycles. The van der Waals surface area contributed by atoms with Gasteiger partial charge in [-0.05, 0) is 31.4 Å². The minimum atomic E-state index is -0.0923. The van der Waals surface area contributed by atoms with Crippen molar-refractivity contribution in [1.29, 1.82) is 0 Å². The Kier molecular flexibility index (Phi) is 3.56. The van der Waals surface area contributed by atoms with Gasteiger partial charge in [-0.3, -0.25) is 0 Å². The average molecular weight is 296 g/mol. The van der Waals surface area contributed by atoms with Crippen LogP contribution in [0.2, 0.25) is 5.15 Å². The topological polar surface area (TPSA) is 54.5 Å². The minimum Gasteiger partial charge on any atom is -0.379 e. The molecule has 1 aliphatic heterocycles. The second-order valence-corrected chi connectivity index (χ2v) is 6.09. The molecule has 1 spiro atoms. The van der Waals surface area contributed by atoms with E-state index in [-0.39, 0.29) is 11.4 Å². The lowest BCUT2D eigenvalue weighted by atomic mass is 10.1. The number of halogens is 1. The van der Waals surface area contributed by atoms with Crippen LogP contribution in [-0.4, -0.2) is 42.2 Å². The van der Waals surface area contributed by atoms with Crippen molar-refractivity contribution in [2.45, 2.75) is 19.8 Å². The van der Waals surface area contributed by atoms with Gasteiger partial charge < -0.3 is 15.0 Å². The van der Waals surface area contributed by atoms with Gasteiger partial charge >= 0.3 is 6.03 Å². The summed E-state index contributed by atoms with van der Waals surface area (Å²) in [5, 5.41) is 3.34. The fourth-order valence-electron chi connectivity index (χ4n) is 2.47. The van der Waals surface area contributed by atoms with Gasteiger partial charge in [0.05, 0.1) is 25.1 Å². The number of urea groups is 1. The molecule has 0 radical (unpaired) electrons. The first-order valence-corrected chi connectivity index (χ1v) is 7.22. The Morgan fingerprint density at radius 1 is 1.55 bits per heavy atom. The summed E-state index contributed by atoms with van der Waals surface area (Å²) in [6.45, 7) is 4.65. The second kappa shape index (κ2) is 5.22. The highest BCUT2D eigenvalue weighted by Crippen LogP contribution is 2.47. The largest absolute Gasteiger partial charge is 0.379 e. The summed E-state index contributed by atoms with van der Waals surface area (Å²) in [6, 6.07) is 1.74. The number of carbonyl (C=O) groups is 1. The molecule has 20 heavy (non-hydrogen) atoms. The van der Waals surface area contributed by atoms with Gasteiger partial charge in [0, 0.05) is 18.5 Å². The fraction of sp³-hybridized carbons (Fsp3) is 0.571. The molecule has 0 unspecified atom stereocenters. The number of pyridine rings is 1. The smallest absolute Gasteiger partial charge is 0.321 e. The van der Waals surface area contributed by atoms with Crippen LogP contribution >= 0.6 is 11.6 Å². The molecule has 108 valence electrons. The Labute approximate surface area is 123 Å². The molecule has 1 saturated carbocycles. The Hall–Kier alpha value is -1.33. The van der Waals surface area contributed by atoms with Crippen LogP contribution in [-0.2, 0) is 4.74 Å². The van der Waals surface area contributed by atoms with E-state index in [2.05, 4.69) is 10.3 Å². The van der Waals surface area contributed by atoms with E-state index in [0.717, 1.165) is 31.6 Å². The Morgan fingerprint density at radius 3 is 3.05 bits per heavy atom. The molecule has 0 aromatic carbocycles. The monoisotopic (exact) mass is 295 g/mol. The van der Waals surface area contributed by atoms with Gasteiger partial charge in [0.15, 0.2) is 0 Å². The molecule has 0 bridgehead atoms. The van der Waals surface area contributed by atoms with Gasteiger partial charge in [-0.25, -0.2) is 9.78 Å². The molecule has 1 saturated heterocycles. The van der Waals surface area contributed by atoms with Crippen molar-refractivity contribution in [1.82, 2.24) is 9.88 Å². The van der Waals surface area contributed by atoms with Crippen LogP contribution in [0, 0.1) is 12.3 Å². The maximum Gasteiger partial charge on any atom is 0.321 e. The lowest BCUT2D eigenvalue weighted by molar-refractivity contribution is 0.115. The van der Waals surface area contributed by atoms with Gasteiger partial charge in [0.1, 0.15) is 5.15 Å². The summed E-state index contributed by atoms with van der Waals surface area (Å²) in [6.07, 6.45) is 3.88. The van der Waals surface area contributed by atoms with Gasteiger partial charge in [-0.1, -0.05) is 11.6 Å². The van der Waals surface area contributed by atoms with Crippen LogP contribution in [0.15, 0.2) is 12.3 Å². The molecular weight excluding hydrogens is 278 g/mol. The summed E-state index contributed by atoms with van der Waals surface area (Å²) in [5.74, 6) is 0. The van der Waals surface area contributed by atoms with Crippen LogP contribution in [0.4, 0.5) is 10.5 Å². The highest BCUT2D eigenvalue weighted by Gasteiger charge is 2.46.